The van der Waals surface area contributed by atoms with Gasteiger partial charge in [0.2, 0.25) is 0 Å². The Hall–Kier alpha value is -1.32. The fourth-order valence-corrected chi connectivity index (χ4v) is 2.65. The molecule has 0 unspecified atom stereocenters. The number of halogens is 1. The van der Waals surface area contributed by atoms with Gasteiger partial charge in [-0.15, -0.1) is 0 Å². The highest BCUT2D eigenvalue weighted by atomic mass is 35.5. The van der Waals surface area contributed by atoms with Gasteiger partial charge in [-0.3, -0.25) is 0 Å². The summed E-state index contributed by atoms with van der Waals surface area (Å²) in [5.41, 5.74) is 1.36. The largest absolute Gasteiger partial charge is 0.348 e. The summed E-state index contributed by atoms with van der Waals surface area (Å²) in [7, 11) is 0. The van der Waals surface area contributed by atoms with Gasteiger partial charge >= 0.3 is 0 Å². The minimum atomic E-state index is 0.596. The molecule has 0 amide bonds. The topological polar surface area (TPSA) is 40.7 Å². The van der Waals surface area contributed by atoms with E-state index in [0.29, 0.717) is 12.0 Å². The lowest BCUT2D eigenvalue weighted by Gasteiger charge is -2.36. The van der Waals surface area contributed by atoms with Crippen LogP contribution >= 0.6 is 11.6 Å². The molecule has 1 aromatic heterocycles. The van der Waals surface area contributed by atoms with Crippen molar-refractivity contribution in [3.8, 4) is 0 Å². The third-order valence-corrected chi connectivity index (χ3v) is 3.81. The van der Waals surface area contributed by atoms with Crippen molar-refractivity contribution < 1.29 is 0 Å². The van der Waals surface area contributed by atoms with E-state index in [4.69, 9.17) is 11.6 Å². The van der Waals surface area contributed by atoms with Crippen molar-refractivity contribution in [2.45, 2.75) is 31.3 Å². The molecule has 2 N–H and O–H groups in total. The average molecular weight is 262 g/mol. The van der Waals surface area contributed by atoms with Gasteiger partial charge in [-0.1, -0.05) is 23.7 Å². The molecule has 0 bridgehead atoms. The second-order valence-corrected chi connectivity index (χ2v) is 5.27. The van der Waals surface area contributed by atoms with E-state index in [9.17, 15) is 0 Å². The highest BCUT2D eigenvalue weighted by molar-refractivity contribution is 6.30. The summed E-state index contributed by atoms with van der Waals surface area (Å²) in [5.74, 6) is 1.65. The third-order valence-electron chi connectivity index (χ3n) is 3.57. The third kappa shape index (κ3) is 2.57. The van der Waals surface area contributed by atoms with Crippen molar-refractivity contribution in [1.29, 1.82) is 0 Å². The number of H-pyrrole nitrogens is 1. The molecule has 0 atom stereocenters. The van der Waals surface area contributed by atoms with Gasteiger partial charge in [0.25, 0.3) is 0 Å². The molecular formula is C14H16ClN3. The van der Waals surface area contributed by atoms with Crippen molar-refractivity contribution in [3.05, 3.63) is 53.1 Å². The zero-order valence-electron chi connectivity index (χ0n) is 10.1. The smallest absolute Gasteiger partial charge is 0.120 e. The van der Waals surface area contributed by atoms with Gasteiger partial charge in [0.05, 0.1) is 6.54 Å². The number of nitrogens with one attached hydrogen (secondary N) is 2. The van der Waals surface area contributed by atoms with Crippen molar-refractivity contribution in [3.63, 3.8) is 0 Å². The molecule has 0 saturated heterocycles. The van der Waals surface area contributed by atoms with Crippen LogP contribution < -0.4 is 5.32 Å². The van der Waals surface area contributed by atoms with Crippen molar-refractivity contribution >= 4 is 11.6 Å². The van der Waals surface area contributed by atoms with Gasteiger partial charge in [0.1, 0.15) is 5.82 Å². The predicted octanol–water partition coefficient (Wildman–Crippen LogP) is 3.10. The Morgan fingerprint density at radius 3 is 3.00 bits per heavy atom. The van der Waals surface area contributed by atoms with E-state index in [1.807, 2.05) is 18.3 Å². The zero-order chi connectivity index (χ0) is 12.4. The lowest BCUT2D eigenvalue weighted by atomic mass is 9.76. The number of hydrogen-bond donors (Lipinski definition) is 2. The van der Waals surface area contributed by atoms with Gasteiger partial charge in [-0.2, -0.15) is 0 Å². The van der Waals surface area contributed by atoms with Gasteiger partial charge in [-0.25, -0.2) is 4.98 Å². The summed E-state index contributed by atoms with van der Waals surface area (Å²) in [6.07, 6.45) is 6.00. The molecule has 2 aromatic rings. The molecule has 1 aliphatic rings. The lowest BCUT2D eigenvalue weighted by molar-refractivity contribution is 0.288. The summed E-state index contributed by atoms with van der Waals surface area (Å²) in [4.78, 5) is 7.30. The van der Waals surface area contributed by atoms with E-state index in [-0.39, 0.29) is 0 Å². The first-order valence-corrected chi connectivity index (χ1v) is 6.66. The fourth-order valence-electron chi connectivity index (χ4n) is 2.45. The van der Waals surface area contributed by atoms with Crippen molar-refractivity contribution in [2.75, 3.05) is 0 Å². The van der Waals surface area contributed by atoms with E-state index >= 15 is 0 Å². The van der Waals surface area contributed by atoms with E-state index in [1.165, 1.54) is 18.4 Å². The molecule has 0 spiro atoms. The number of benzene rings is 1. The maximum atomic E-state index is 6.01. The highest BCUT2D eigenvalue weighted by Gasteiger charge is 2.29. The van der Waals surface area contributed by atoms with E-state index in [1.54, 1.807) is 6.20 Å². The molecule has 1 fully saturated rings. The van der Waals surface area contributed by atoms with Crippen LogP contribution in [0.15, 0.2) is 36.7 Å². The van der Waals surface area contributed by atoms with Gasteiger partial charge in [-0.05, 0) is 36.5 Å². The highest BCUT2D eigenvalue weighted by Crippen LogP contribution is 2.37. The summed E-state index contributed by atoms with van der Waals surface area (Å²) >= 11 is 6.01. The molecule has 1 saturated carbocycles. The van der Waals surface area contributed by atoms with Crippen molar-refractivity contribution in [1.82, 2.24) is 15.3 Å². The molecule has 3 rings (SSSR count). The Morgan fingerprint density at radius 2 is 2.28 bits per heavy atom. The summed E-state index contributed by atoms with van der Waals surface area (Å²) < 4.78 is 0. The first-order chi connectivity index (χ1) is 8.81. The molecule has 0 aliphatic heterocycles. The van der Waals surface area contributed by atoms with E-state index < -0.39 is 0 Å². The first-order valence-electron chi connectivity index (χ1n) is 6.28. The monoisotopic (exact) mass is 261 g/mol. The van der Waals surface area contributed by atoms with Crippen LogP contribution in [0, 0.1) is 0 Å². The summed E-state index contributed by atoms with van der Waals surface area (Å²) in [6, 6.07) is 8.80. The van der Waals surface area contributed by atoms with Gasteiger partial charge in [0.15, 0.2) is 0 Å². The number of aromatic nitrogens is 2. The normalized spacial score (nSPS) is 22.7. The molecule has 0 radical (unpaired) electrons. The fraction of sp³-hybridized carbons (Fsp3) is 0.357. The summed E-state index contributed by atoms with van der Waals surface area (Å²) in [5, 5.41) is 4.34. The molecule has 3 nitrogen and oxygen atoms in total. The first kappa shape index (κ1) is 11.8. The Morgan fingerprint density at radius 1 is 1.39 bits per heavy atom. The Balaban J connectivity index is 1.48. The Labute approximate surface area is 112 Å². The van der Waals surface area contributed by atoms with Crippen molar-refractivity contribution in [2.24, 2.45) is 0 Å². The maximum Gasteiger partial charge on any atom is 0.120 e. The number of rotatable bonds is 4. The minimum Gasteiger partial charge on any atom is -0.348 e. The molecule has 1 heterocycles. The van der Waals surface area contributed by atoms with Crippen LogP contribution in [0.3, 0.4) is 0 Å². The number of hydrogen-bond acceptors (Lipinski definition) is 2. The molecular weight excluding hydrogens is 246 g/mol. The van der Waals surface area contributed by atoms with Crippen LogP contribution in [-0.4, -0.2) is 16.0 Å². The SMILES string of the molecule is Clc1cccc(C2CC(NCc3ncc[nH]3)C2)c1. The zero-order valence-corrected chi connectivity index (χ0v) is 10.8. The predicted molar refractivity (Wildman–Crippen MR) is 72.6 cm³/mol. The molecule has 94 valence electrons. The molecule has 1 aliphatic carbocycles. The van der Waals surface area contributed by atoms with Crippen LogP contribution in [0.1, 0.15) is 30.1 Å². The number of nitrogens with zero attached hydrogens (tertiary/aromatic N) is 1. The Bertz CT molecular complexity index is 504. The lowest BCUT2D eigenvalue weighted by Crippen LogP contribution is -2.39. The van der Waals surface area contributed by atoms with Crippen LogP contribution in [0.25, 0.3) is 0 Å². The van der Waals surface area contributed by atoms with Crippen LogP contribution in [-0.2, 0) is 6.54 Å². The second-order valence-electron chi connectivity index (χ2n) is 4.84. The molecule has 18 heavy (non-hydrogen) atoms. The summed E-state index contributed by atoms with van der Waals surface area (Å²) in [6.45, 7) is 0.819. The van der Waals surface area contributed by atoms with Gasteiger partial charge in [0, 0.05) is 23.5 Å². The van der Waals surface area contributed by atoms with E-state index in [2.05, 4.69) is 27.4 Å². The van der Waals surface area contributed by atoms with E-state index in [0.717, 1.165) is 17.4 Å². The molecule has 4 heteroatoms. The average Bonchev–Trinajstić information content (AvgIpc) is 2.80. The van der Waals surface area contributed by atoms with Crippen LogP contribution in [0.5, 0.6) is 0 Å². The van der Waals surface area contributed by atoms with Gasteiger partial charge < -0.3 is 10.3 Å². The minimum absolute atomic E-state index is 0.596. The quantitative estimate of drug-likeness (QED) is 0.888. The Kier molecular flexibility index (Phi) is 3.35. The standard InChI is InChI=1S/C14H16ClN3/c15-12-3-1-2-10(6-12)11-7-13(8-11)18-9-14-16-4-5-17-14/h1-6,11,13,18H,7-9H2,(H,16,17). The van der Waals surface area contributed by atoms with Crippen LogP contribution in [0.2, 0.25) is 5.02 Å². The molecule has 1 aromatic carbocycles. The second kappa shape index (κ2) is 5.12. The number of imidazole rings is 1. The maximum absolute atomic E-state index is 6.01. The van der Waals surface area contributed by atoms with Crippen LogP contribution in [0.4, 0.5) is 0 Å². The number of aromatic amines is 1.